The van der Waals surface area contributed by atoms with Gasteiger partial charge in [0.1, 0.15) is 6.04 Å². The van der Waals surface area contributed by atoms with E-state index in [2.05, 4.69) is 0 Å². The molecule has 9 nitrogen and oxygen atoms in total. The lowest BCUT2D eigenvalue weighted by Crippen LogP contribution is -2.50. The molecule has 2 N–H and O–H groups in total. The molecule has 1 atom stereocenters. The Morgan fingerprint density at radius 2 is 1.73 bits per heavy atom. The van der Waals surface area contributed by atoms with Gasteiger partial charge in [0.2, 0.25) is 26.0 Å². The van der Waals surface area contributed by atoms with Crippen LogP contribution in [0.3, 0.4) is 0 Å². The maximum Gasteiger partial charge on any atom is 0.243 e. The summed E-state index contributed by atoms with van der Waals surface area (Å²) in [6, 6.07) is 4.10. The van der Waals surface area contributed by atoms with Crippen molar-refractivity contribution in [1.29, 1.82) is 0 Å². The van der Waals surface area contributed by atoms with E-state index in [0.29, 0.717) is 39.1 Å². The third kappa shape index (κ3) is 3.76. The number of primary sulfonamides is 1. The second-order valence-electron chi connectivity index (χ2n) is 6.23. The van der Waals surface area contributed by atoms with E-state index in [9.17, 15) is 21.6 Å². The number of hydrogen-bond acceptors (Lipinski definition) is 6. The fourth-order valence-corrected chi connectivity index (χ4v) is 5.55. The monoisotopic (exact) mass is 403 g/mol. The summed E-state index contributed by atoms with van der Waals surface area (Å²) in [5, 5.41) is 5.09. The van der Waals surface area contributed by atoms with Crippen LogP contribution in [0.2, 0.25) is 0 Å². The van der Waals surface area contributed by atoms with Crippen LogP contribution in [0.25, 0.3) is 0 Å². The Hall–Kier alpha value is -1.53. The second-order valence-corrected chi connectivity index (χ2v) is 9.68. The molecule has 0 saturated carbocycles. The lowest BCUT2D eigenvalue weighted by molar-refractivity contribution is -0.138. The first-order valence-electron chi connectivity index (χ1n) is 8.22. The Kier molecular flexibility index (Phi) is 5.35. The van der Waals surface area contributed by atoms with Gasteiger partial charge in [0.25, 0.3) is 0 Å². The Morgan fingerprint density at radius 1 is 1.08 bits per heavy atom. The smallest absolute Gasteiger partial charge is 0.243 e. The van der Waals surface area contributed by atoms with Crippen LogP contribution in [0.1, 0.15) is 12.8 Å². The standard InChI is InChI=1S/C15H21N3O6S2/c16-25(20,21)12-3-1-4-13(11-12)26(22,23)18-6-2-5-14(18)15(19)17-7-9-24-10-8-17/h1,3-4,11,14H,2,5-10H2,(H2,16,20,21). The van der Waals surface area contributed by atoms with Gasteiger partial charge in [-0.2, -0.15) is 4.31 Å². The Balaban J connectivity index is 1.89. The van der Waals surface area contributed by atoms with Gasteiger partial charge in [0.05, 0.1) is 23.0 Å². The highest BCUT2D eigenvalue weighted by atomic mass is 32.2. The topological polar surface area (TPSA) is 127 Å². The van der Waals surface area contributed by atoms with E-state index in [1.165, 1.54) is 18.2 Å². The third-order valence-electron chi connectivity index (χ3n) is 4.55. The number of morpholine rings is 1. The molecule has 0 aromatic heterocycles. The largest absolute Gasteiger partial charge is 0.378 e. The SMILES string of the molecule is NS(=O)(=O)c1cccc(S(=O)(=O)N2CCCC2C(=O)N2CCOCC2)c1. The number of amides is 1. The van der Waals surface area contributed by atoms with Gasteiger partial charge >= 0.3 is 0 Å². The highest BCUT2D eigenvalue weighted by molar-refractivity contribution is 7.90. The minimum Gasteiger partial charge on any atom is -0.378 e. The normalized spacial score (nSPS) is 22.5. The summed E-state index contributed by atoms with van der Waals surface area (Å²) in [5.41, 5.74) is 0. The van der Waals surface area contributed by atoms with Gasteiger partial charge in [-0.15, -0.1) is 0 Å². The molecular formula is C15H21N3O6S2. The van der Waals surface area contributed by atoms with E-state index >= 15 is 0 Å². The molecular weight excluding hydrogens is 382 g/mol. The summed E-state index contributed by atoms with van der Waals surface area (Å²) < 4.78 is 55.4. The van der Waals surface area contributed by atoms with Crippen LogP contribution in [0.15, 0.2) is 34.1 Å². The van der Waals surface area contributed by atoms with Crippen molar-refractivity contribution in [3.63, 3.8) is 0 Å². The molecule has 2 aliphatic heterocycles. The van der Waals surface area contributed by atoms with Gasteiger partial charge in [-0.05, 0) is 31.0 Å². The Bertz CT molecular complexity index is 894. The molecule has 0 radical (unpaired) electrons. The van der Waals surface area contributed by atoms with Gasteiger partial charge in [-0.3, -0.25) is 4.79 Å². The summed E-state index contributed by atoms with van der Waals surface area (Å²) in [5.74, 6) is -0.239. The maximum absolute atomic E-state index is 13.0. The first-order valence-corrected chi connectivity index (χ1v) is 11.2. The average molecular weight is 403 g/mol. The summed E-state index contributed by atoms with van der Waals surface area (Å²) in [4.78, 5) is 13.9. The lowest BCUT2D eigenvalue weighted by atomic mass is 10.2. The molecule has 0 spiro atoms. The molecule has 1 aromatic carbocycles. The zero-order valence-electron chi connectivity index (χ0n) is 14.1. The molecule has 144 valence electrons. The van der Waals surface area contributed by atoms with Crippen LogP contribution >= 0.6 is 0 Å². The number of nitrogens with two attached hydrogens (primary N) is 1. The zero-order chi connectivity index (χ0) is 18.9. The van der Waals surface area contributed by atoms with E-state index in [4.69, 9.17) is 9.88 Å². The van der Waals surface area contributed by atoms with Crippen molar-refractivity contribution < 1.29 is 26.4 Å². The van der Waals surface area contributed by atoms with Gasteiger partial charge in [-0.25, -0.2) is 22.0 Å². The summed E-state index contributed by atoms with van der Waals surface area (Å²) >= 11 is 0. The summed E-state index contributed by atoms with van der Waals surface area (Å²) in [6.07, 6.45) is 0.999. The van der Waals surface area contributed by atoms with E-state index in [1.54, 1.807) is 4.90 Å². The van der Waals surface area contributed by atoms with Crippen LogP contribution < -0.4 is 5.14 Å². The average Bonchev–Trinajstić information content (AvgIpc) is 3.12. The molecule has 2 saturated heterocycles. The van der Waals surface area contributed by atoms with Crippen molar-refractivity contribution in [1.82, 2.24) is 9.21 Å². The highest BCUT2D eigenvalue weighted by Gasteiger charge is 2.41. The van der Waals surface area contributed by atoms with Crippen LogP contribution in [0.4, 0.5) is 0 Å². The van der Waals surface area contributed by atoms with Gasteiger partial charge < -0.3 is 9.64 Å². The fourth-order valence-electron chi connectivity index (χ4n) is 3.22. The molecule has 2 fully saturated rings. The van der Waals surface area contributed by atoms with Crippen LogP contribution in [-0.2, 0) is 29.6 Å². The third-order valence-corrected chi connectivity index (χ3v) is 7.37. The molecule has 26 heavy (non-hydrogen) atoms. The molecule has 0 aliphatic carbocycles. The highest BCUT2D eigenvalue weighted by Crippen LogP contribution is 2.28. The molecule has 2 aliphatic rings. The lowest BCUT2D eigenvalue weighted by Gasteiger charge is -2.32. The predicted molar refractivity (Wildman–Crippen MR) is 92.1 cm³/mol. The Morgan fingerprint density at radius 3 is 2.38 bits per heavy atom. The van der Waals surface area contributed by atoms with Crippen molar-refractivity contribution in [2.24, 2.45) is 5.14 Å². The van der Waals surface area contributed by atoms with Crippen LogP contribution in [0.5, 0.6) is 0 Å². The number of carbonyl (C=O) groups is 1. The number of benzene rings is 1. The van der Waals surface area contributed by atoms with Crippen LogP contribution in [0, 0.1) is 0 Å². The first-order chi connectivity index (χ1) is 12.2. The number of hydrogen-bond donors (Lipinski definition) is 1. The molecule has 11 heteroatoms. The number of nitrogens with zero attached hydrogens (tertiary/aromatic N) is 2. The zero-order valence-corrected chi connectivity index (χ0v) is 15.7. The Labute approximate surface area is 152 Å². The van der Waals surface area contributed by atoms with E-state index in [0.717, 1.165) is 10.4 Å². The predicted octanol–water partition coefficient (Wildman–Crippen LogP) is -0.654. The first kappa shape index (κ1) is 19.2. The molecule has 1 aromatic rings. The summed E-state index contributed by atoms with van der Waals surface area (Å²) in [7, 11) is -8.05. The number of rotatable bonds is 4. The van der Waals surface area contributed by atoms with E-state index < -0.39 is 26.1 Å². The maximum atomic E-state index is 13.0. The number of carbonyl (C=O) groups excluding carboxylic acids is 1. The van der Waals surface area contributed by atoms with Crippen LogP contribution in [-0.4, -0.2) is 70.8 Å². The summed E-state index contributed by atoms with van der Waals surface area (Å²) in [6.45, 7) is 1.94. The number of sulfonamides is 2. The number of ether oxygens (including phenoxy) is 1. The van der Waals surface area contributed by atoms with Gasteiger partial charge in [0.15, 0.2) is 0 Å². The van der Waals surface area contributed by atoms with Gasteiger partial charge in [0, 0.05) is 19.6 Å². The van der Waals surface area contributed by atoms with Gasteiger partial charge in [-0.1, -0.05) is 6.07 Å². The molecule has 3 rings (SSSR count). The molecule has 1 unspecified atom stereocenters. The fraction of sp³-hybridized carbons (Fsp3) is 0.533. The van der Waals surface area contributed by atoms with E-state index in [-0.39, 0.29) is 22.2 Å². The minimum absolute atomic E-state index is 0.189. The quantitative estimate of drug-likeness (QED) is 0.711. The van der Waals surface area contributed by atoms with Crippen molar-refractivity contribution in [2.45, 2.75) is 28.7 Å². The second kappa shape index (κ2) is 7.24. The molecule has 1 amide bonds. The van der Waals surface area contributed by atoms with E-state index in [1.807, 2.05) is 0 Å². The van der Waals surface area contributed by atoms with Crippen molar-refractivity contribution >= 4 is 26.0 Å². The molecule has 2 heterocycles. The van der Waals surface area contributed by atoms with Crippen molar-refractivity contribution in [3.05, 3.63) is 24.3 Å². The van der Waals surface area contributed by atoms with Crippen molar-refractivity contribution in [3.8, 4) is 0 Å². The minimum atomic E-state index is -4.03. The van der Waals surface area contributed by atoms with Crippen molar-refractivity contribution in [2.75, 3.05) is 32.8 Å². The molecule has 0 bridgehead atoms.